The number of carbonyl (C=O) groups is 1. The third kappa shape index (κ3) is 2.72. The highest BCUT2D eigenvalue weighted by molar-refractivity contribution is 6.31. The molecule has 0 saturated carbocycles. The number of benzene rings is 1. The van der Waals surface area contributed by atoms with Gasteiger partial charge in [0.15, 0.2) is 5.76 Å². The van der Waals surface area contributed by atoms with Gasteiger partial charge < -0.3 is 14.9 Å². The molecular weight excluding hydrogens is 254 g/mol. The molecular formula is C13H14ClNO3. The van der Waals surface area contributed by atoms with E-state index < -0.39 is 6.04 Å². The molecule has 0 aliphatic rings. The van der Waals surface area contributed by atoms with Crippen LogP contribution in [-0.2, 0) is 4.74 Å². The van der Waals surface area contributed by atoms with E-state index in [0.717, 1.165) is 5.39 Å². The van der Waals surface area contributed by atoms with Crippen molar-refractivity contribution in [2.45, 2.75) is 12.5 Å². The number of fused-ring (bicyclic) bond motifs is 1. The van der Waals surface area contributed by atoms with Crippen LogP contribution in [0.2, 0.25) is 5.02 Å². The van der Waals surface area contributed by atoms with Gasteiger partial charge in [-0.15, -0.1) is 0 Å². The first kappa shape index (κ1) is 13.1. The zero-order valence-electron chi connectivity index (χ0n) is 9.98. The van der Waals surface area contributed by atoms with Crippen LogP contribution in [0.15, 0.2) is 28.7 Å². The third-order valence-corrected chi connectivity index (χ3v) is 2.93. The molecule has 1 aromatic heterocycles. The highest BCUT2D eigenvalue weighted by Crippen LogP contribution is 2.23. The van der Waals surface area contributed by atoms with E-state index in [9.17, 15) is 4.79 Å². The molecule has 1 atom stereocenters. The highest BCUT2D eigenvalue weighted by atomic mass is 35.5. The molecule has 4 nitrogen and oxygen atoms in total. The van der Waals surface area contributed by atoms with E-state index in [2.05, 4.69) is 0 Å². The smallest absolute Gasteiger partial charge is 0.214 e. The SMILES string of the molecule is COCCC(N)C(=O)c1cc2cc(Cl)ccc2o1. The first-order valence-electron chi connectivity index (χ1n) is 5.59. The molecule has 5 heteroatoms. The lowest BCUT2D eigenvalue weighted by Crippen LogP contribution is -2.31. The van der Waals surface area contributed by atoms with Crippen LogP contribution in [0.25, 0.3) is 11.0 Å². The number of methoxy groups -OCH3 is 1. The van der Waals surface area contributed by atoms with Gasteiger partial charge in [0.2, 0.25) is 5.78 Å². The maximum Gasteiger partial charge on any atom is 0.214 e. The van der Waals surface area contributed by atoms with Crippen molar-refractivity contribution >= 4 is 28.4 Å². The average molecular weight is 268 g/mol. The number of rotatable bonds is 5. The molecule has 2 aromatic rings. The number of Topliss-reactive ketones (excluding diaryl/α,β-unsaturated/α-hetero) is 1. The summed E-state index contributed by atoms with van der Waals surface area (Å²) >= 11 is 5.87. The molecule has 1 unspecified atom stereocenters. The summed E-state index contributed by atoms with van der Waals surface area (Å²) in [5.74, 6) is 0.0373. The Morgan fingerprint density at radius 2 is 2.28 bits per heavy atom. The Morgan fingerprint density at radius 3 is 3.00 bits per heavy atom. The molecule has 18 heavy (non-hydrogen) atoms. The monoisotopic (exact) mass is 267 g/mol. The van der Waals surface area contributed by atoms with Crippen molar-refractivity contribution in [1.82, 2.24) is 0 Å². The molecule has 0 saturated heterocycles. The molecule has 96 valence electrons. The minimum Gasteiger partial charge on any atom is -0.453 e. The molecule has 0 spiro atoms. The van der Waals surface area contributed by atoms with Crippen molar-refractivity contribution in [3.8, 4) is 0 Å². The largest absolute Gasteiger partial charge is 0.453 e. The maximum atomic E-state index is 12.0. The van der Waals surface area contributed by atoms with Gasteiger partial charge in [0.05, 0.1) is 6.04 Å². The second-order valence-corrected chi connectivity index (χ2v) is 4.48. The molecule has 2 N–H and O–H groups in total. The van der Waals surface area contributed by atoms with Gasteiger partial charge in [-0.1, -0.05) is 11.6 Å². The predicted molar refractivity (Wildman–Crippen MR) is 70.0 cm³/mol. The van der Waals surface area contributed by atoms with Crippen LogP contribution in [0.1, 0.15) is 17.0 Å². The molecule has 1 aromatic carbocycles. The van der Waals surface area contributed by atoms with Gasteiger partial charge in [-0.2, -0.15) is 0 Å². The summed E-state index contributed by atoms with van der Waals surface area (Å²) in [6.07, 6.45) is 0.465. The second-order valence-electron chi connectivity index (χ2n) is 4.05. The maximum absolute atomic E-state index is 12.0. The predicted octanol–water partition coefficient (Wildman–Crippen LogP) is 2.63. The van der Waals surface area contributed by atoms with Gasteiger partial charge in [0.25, 0.3) is 0 Å². The Kier molecular flexibility index (Phi) is 4.01. The minimum atomic E-state index is -0.610. The lowest BCUT2D eigenvalue weighted by atomic mass is 10.1. The Labute approximate surface area is 110 Å². The van der Waals surface area contributed by atoms with E-state index in [4.69, 9.17) is 26.5 Å². The number of ether oxygens (including phenoxy) is 1. The van der Waals surface area contributed by atoms with Crippen molar-refractivity contribution in [2.24, 2.45) is 5.73 Å². The van der Waals surface area contributed by atoms with Crippen molar-refractivity contribution in [2.75, 3.05) is 13.7 Å². The lowest BCUT2D eigenvalue weighted by Gasteiger charge is -2.07. The summed E-state index contributed by atoms with van der Waals surface area (Å²) in [4.78, 5) is 12.0. The molecule has 0 fully saturated rings. The Balaban J connectivity index is 2.22. The van der Waals surface area contributed by atoms with Crippen LogP contribution in [0.4, 0.5) is 0 Å². The molecule has 0 amide bonds. The van der Waals surface area contributed by atoms with Crippen LogP contribution < -0.4 is 5.73 Å². The summed E-state index contributed by atoms with van der Waals surface area (Å²) < 4.78 is 10.3. The average Bonchev–Trinajstić information content (AvgIpc) is 2.77. The normalized spacial score (nSPS) is 12.8. The number of furan rings is 1. The molecule has 1 heterocycles. The van der Waals surface area contributed by atoms with E-state index in [1.54, 1.807) is 31.4 Å². The minimum absolute atomic E-state index is 0.223. The zero-order valence-corrected chi connectivity index (χ0v) is 10.7. The van der Waals surface area contributed by atoms with Gasteiger partial charge in [0, 0.05) is 24.1 Å². The quantitative estimate of drug-likeness (QED) is 0.846. The standard InChI is InChI=1S/C13H14ClNO3/c1-17-5-4-10(15)13(16)12-7-8-6-9(14)2-3-11(8)18-12/h2-3,6-7,10H,4-5,15H2,1H3. The Morgan fingerprint density at radius 1 is 1.50 bits per heavy atom. The van der Waals surface area contributed by atoms with E-state index in [1.807, 2.05) is 0 Å². The fraction of sp³-hybridized carbons (Fsp3) is 0.308. The highest BCUT2D eigenvalue weighted by Gasteiger charge is 2.19. The summed E-state index contributed by atoms with van der Waals surface area (Å²) in [6, 6.07) is 6.25. The number of halogens is 1. The number of carbonyl (C=O) groups excluding carboxylic acids is 1. The van der Waals surface area contributed by atoms with Gasteiger partial charge in [-0.05, 0) is 30.7 Å². The van der Waals surface area contributed by atoms with E-state index in [0.29, 0.717) is 23.6 Å². The summed E-state index contributed by atoms with van der Waals surface area (Å²) in [5.41, 5.74) is 6.40. The zero-order chi connectivity index (χ0) is 13.1. The fourth-order valence-corrected chi connectivity index (χ4v) is 1.87. The Bertz CT molecular complexity index is 564. The van der Waals surface area contributed by atoms with Crippen LogP contribution in [0.3, 0.4) is 0 Å². The van der Waals surface area contributed by atoms with Gasteiger partial charge >= 0.3 is 0 Å². The van der Waals surface area contributed by atoms with Crippen LogP contribution >= 0.6 is 11.6 Å². The van der Waals surface area contributed by atoms with Crippen molar-refractivity contribution < 1.29 is 13.9 Å². The summed E-state index contributed by atoms with van der Waals surface area (Å²) in [7, 11) is 1.57. The number of ketones is 1. The lowest BCUT2D eigenvalue weighted by molar-refractivity contribution is 0.0910. The van der Waals surface area contributed by atoms with Crippen molar-refractivity contribution in [3.05, 3.63) is 35.0 Å². The first-order chi connectivity index (χ1) is 8.61. The topological polar surface area (TPSA) is 65.5 Å². The third-order valence-electron chi connectivity index (χ3n) is 2.69. The van der Waals surface area contributed by atoms with Crippen LogP contribution in [-0.4, -0.2) is 25.5 Å². The summed E-state index contributed by atoms with van der Waals surface area (Å²) in [5, 5.41) is 1.40. The van der Waals surface area contributed by atoms with E-state index in [1.165, 1.54) is 0 Å². The number of hydrogen-bond acceptors (Lipinski definition) is 4. The van der Waals surface area contributed by atoms with Crippen LogP contribution in [0, 0.1) is 0 Å². The molecule has 0 aliphatic heterocycles. The first-order valence-corrected chi connectivity index (χ1v) is 5.97. The van der Waals surface area contributed by atoms with Gasteiger partial charge in [0.1, 0.15) is 5.58 Å². The van der Waals surface area contributed by atoms with E-state index >= 15 is 0 Å². The second kappa shape index (κ2) is 5.52. The van der Waals surface area contributed by atoms with Crippen molar-refractivity contribution in [3.63, 3.8) is 0 Å². The fourth-order valence-electron chi connectivity index (χ4n) is 1.69. The van der Waals surface area contributed by atoms with Crippen molar-refractivity contribution in [1.29, 1.82) is 0 Å². The van der Waals surface area contributed by atoms with Gasteiger partial charge in [-0.3, -0.25) is 4.79 Å². The molecule has 0 bridgehead atoms. The number of hydrogen-bond donors (Lipinski definition) is 1. The molecule has 0 aliphatic carbocycles. The molecule has 0 radical (unpaired) electrons. The summed E-state index contributed by atoms with van der Waals surface area (Å²) in [6.45, 7) is 0.443. The molecule has 2 rings (SSSR count). The van der Waals surface area contributed by atoms with E-state index in [-0.39, 0.29) is 11.5 Å². The Hall–Kier alpha value is -1.36. The van der Waals surface area contributed by atoms with Crippen LogP contribution in [0.5, 0.6) is 0 Å². The van der Waals surface area contributed by atoms with Gasteiger partial charge in [-0.25, -0.2) is 0 Å². The number of nitrogens with two attached hydrogens (primary N) is 1.